The Labute approximate surface area is 133 Å². The number of aromatic hydroxyl groups is 1. The number of hydrogen-bond acceptors (Lipinski definition) is 4. The Kier molecular flexibility index (Phi) is 6.49. The molecular formula is C17H29N2O3+. The lowest BCUT2D eigenvalue weighted by Crippen LogP contribution is -2.52. The van der Waals surface area contributed by atoms with E-state index in [9.17, 15) is 5.11 Å². The van der Waals surface area contributed by atoms with E-state index >= 15 is 0 Å². The largest absolute Gasteiger partial charge is 0.508 e. The van der Waals surface area contributed by atoms with Crippen molar-refractivity contribution >= 4 is 5.69 Å². The van der Waals surface area contributed by atoms with Crippen molar-refractivity contribution in [1.29, 1.82) is 0 Å². The molecule has 22 heavy (non-hydrogen) atoms. The van der Waals surface area contributed by atoms with Gasteiger partial charge >= 0.3 is 0 Å². The fourth-order valence-corrected chi connectivity index (χ4v) is 2.83. The van der Waals surface area contributed by atoms with Crippen LogP contribution in [0.5, 0.6) is 5.75 Å². The van der Waals surface area contributed by atoms with E-state index in [0.717, 1.165) is 81.1 Å². The smallest absolute Gasteiger partial charge is 0.116 e. The molecule has 1 aromatic carbocycles. The number of nitrogen functional groups attached to an aromatic ring is 1. The molecule has 5 nitrogen and oxygen atoms in total. The van der Waals surface area contributed by atoms with Gasteiger partial charge in [-0.2, -0.15) is 0 Å². The molecule has 0 amide bonds. The van der Waals surface area contributed by atoms with E-state index in [2.05, 4.69) is 7.05 Å². The lowest BCUT2D eigenvalue weighted by Gasteiger charge is -2.37. The third-order valence-corrected chi connectivity index (χ3v) is 4.40. The highest BCUT2D eigenvalue weighted by molar-refractivity contribution is 5.50. The van der Waals surface area contributed by atoms with E-state index in [-0.39, 0.29) is 5.75 Å². The summed E-state index contributed by atoms with van der Waals surface area (Å²) in [7, 11) is 2.30. The number of benzene rings is 1. The van der Waals surface area contributed by atoms with Crippen molar-refractivity contribution in [3.8, 4) is 5.75 Å². The molecule has 0 unspecified atom stereocenters. The van der Waals surface area contributed by atoms with Crippen LogP contribution in [0.25, 0.3) is 0 Å². The number of hydrogen-bond donors (Lipinski definition) is 2. The predicted octanol–water partition coefficient (Wildman–Crippen LogP) is 1.79. The van der Waals surface area contributed by atoms with Gasteiger partial charge in [0.15, 0.2) is 0 Å². The van der Waals surface area contributed by atoms with Crippen LogP contribution in [0.15, 0.2) is 18.2 Å². The summed E-state index contributed by atoms with van der Waals surface area (Å²) in [6.45, 7) is 6.67. The van der Waals surface area contributed by atoms with E-state index in [1.165, 1.54) is 0 Å². The molecule has 1 aromatic rings. The highest BCUT2D eigenvalue weighted by Crippen LogP contribution is 2.19. The Morgan fingerprint density at radius 3 is 2.73 bits per heavy atom. The Balaban J connectivity index is 1.55. The third-order valence-electron chi connectivity index (χ3n) is 4.40. The minimum absolute atomic E-state index is 0.271. The molecule has 0 spiro atoms. The van der Waals surface area contributed by atoms with E-state index in [4.69, 9.17) is 15.2 Å². The summed E-state index contributed by atoms with van der Waals surface area (Å²) in [6.07, 6.45) is 2.85. The Hall–Kier alpha value is -1.30. The Morgan fingerprint density at radius 2 is 1.95 bits per heavy atom. The zero-order valence-corrected chi connectivity index (χ0v) is 13.6. The maximum Gasteiger partial charge on any atom is 0.116 e. The highest BCUT2D eigenvalue weighted by Gasteiger charge is 2.24. The standard InChI is InChI=1S/C17H28N2O3/c1-19(8-12-22-13-9-19)7-3-11-21-10-2-4-15-14-16(20)5-6-17(15)18/h5-6,14H,2-4,7-13,18H2,1H3/p+1. The number of phenols is 1. The Bertz CT molecular complexity index is 459. The zero-order valence-electron chi connectivity index (χ0n) is 13.6. The number of nitrogens with zero attached hydrogens (tertiary/aromatic N) is 1. The van der Waals surface area contributed by atoms with Crippen molar-refractivity contribution in [2.24, 2.45) is 0 Å². The van der Waals surface area contributed by atoms with Gasteiger partial charge < -0.3 is 24.8 Å². The molecule has 3 N–H and O–H groups in total. The first-order chi connectivity index (χ1) is 10.6. The predicted molar refractivity (Wildman–Crippen MR) is 87.9 cm³/mol. The fourth-order valence-electron chi connectivity index (χ4n) is 2.83. The zero-order chi connectivity index (χ0) is 15.8. The van der Waals surface area contributed by atoms with Crippen molar-refractivity contribution in [3.63, 3.8) is 0 Å². The first kappa shape index (κ1) is 17.1. The summed E-state index contributed by atoms with van der Waals surface area (Å²) in [6, 6.07) is 5.10. The maximum absolute atomic E-state index is 9.46. The second-order valence-corrected chi connectivity index (χ2v) is 6.36. The fraction of sp³-hybridized carbons (Fsp3) is 0.647. The summed E-state index contributed by atoms with van der Waals surface area (Å²) in [4.78, 5) is 0. The van der Waals surface area contributed by atoms with Crippen LogP contribution in [0, 0.1) is 0 Å². The molecule has 124 valence electrons. The van der Waals surface area contributed by atoms with Crippen LogP contribution in [0.1, 0.15) is 18.4 Å². The molecule has 0 atom stereocenters. The van der Waals surface area contributed by atoms with Gasteiger partial charge in [-0.25, -0.2) is 0 Å². The van der Waals surface area contributed by atoms with Gasteiger partial charge in [0.25, 0.3) is 0 Å². The van der Waals surface area contributed by atoms with Crippen molar-refractivity contribution in [2.45, 2.75) is 19.3 Å². The second kappa shape index (κ2) is 8.36. The van der Waals surface area contributed by atoms with Crippen LogP contribution in [-0.2, 0) is 15.9 Å². The van der Waals surface area contributed by atoms with E-state index in [1.54, 1.807) is 18.2 Å². The van der Waals surface area contributed by atoms with Crippen molar-refractivity contribution in [1.82, 2.24) is 0 Å². The summed E-state index contributed by atoms with van der Waals surface area (Å²) >= 11 is 0. The van der Waals surface area contributed by atoms with Gasteiger partial charge in [-0.1, -0.05) is 0 Å². The van der Waals surface area contributed by atoms with Gasteiger partial charge in [-0.15, -0.1) is 0 Å². The molecule has 0 radical (unpaired) electrons. The van der Waals surface area contributed by atoms with Crippen LogP contribution in [-0.4, -0.2) is 62.7 Å². The molecule has 1 saturated heterocycles. The molecule has 1 heterocycles. The van der Waals surface area contributed by atoms with Crippen LogP contribution in [0.3, 0.4) is 0 Å². The lowest BCUT2D eigenvalue weighted by atomic mass is 10.1. The maximum atomic E-state index is 9.46. The molecular weight excluding hydrogens is 280 g/mol. The number of aryl methyl sites for hydroxylation is 1. The van der Waals surface area contributed by atoms with Crippen LogP contribution in [0.4, 0.5) is 5.69 Å². The number of morpholine rings is 1. The molecule has 0 saturated carbocycles. The second-order valence-electron chi connectivity index (χ2n) is 6.36. The number of phenolic OH excluding ortho intramolecular Hbond substituents is 1. The van der Waals surface area contributed by atoms with Crippen molar-refractivity contribution in [2.75, 3.05) is 58.8 Å². The molecule has 1 fully saturated rings. The van der Waals surface area contributed by atoms with Gasteiger partial charge in [0.1, 0.15) is 18.8 Å². The minimum atomic E-state index is 0.271. The first-order valence-corrected chi connectivity index (χ1v) is 8.15. The molecule has 1 aliphatic heterocycles. The van der Waals surface area contributed by atoms with Crippen LogP contribution >= 0.6 is 0 Å². The van der Waals surface area contributed by atoms with Gasteiger partial charge in [0, 0.05) is 18.7 Å². The summed E-state index contributed by atoms with van der Waals surface area (Å²) in [5.74, 6) is 0.271. The van der Waals surface area contributed by atoms with Crippen molar-refractivity contribution < 1.29 is 19.1 Å². The van der Waals surface area contributed by atoms with Gasteiger partial charge in [-0.3, -0.25) is 0 Å². The quantitative estimate of drug-likeness (QED) is 0.333. The lowest BCUT2D eigenvalue weighted by molar-refractivity contribution is -0.917. The summed E-state index contributed by atoms with van der Waals surface area (Å²) in [5.41, 5.74) is 7.62. The van der Waals surface area contributed by atoms with E-state index < -0.39 is 0 Å². The molecule has 0 bridgehead atoms. The van der Waals surface area contributed by atoms with Gasteiger partial charge in [0.2, 0.25) is 0 Å². The molecule has 0 aromatic heterocycles. The van der Waals surface area contributed by atoms with Crippen LogP contribution in [0.2, 0.25) is 0 Å². The molecule has 1 aliphatic rings. The molecule has 5 heteroatoms. The monoisotopic (exact) mass is 309 g/mol. The third kappa shape index (κ3) is 5.48. The first-order valence-electron chi connectivity index (χ1n) is 8.15. The number of anilines is 1. The average molecular weight is 309 g/mol. The van der Waals surface area contributed by atoms with Gasteiger partial charge in [-0.05, 0) is 36.6 Å². The van der Waals surface area contributed by atoms with E-state index in [0.29, 0.717) is 0 Å². The Morgan fingerprint density at radius 1 is 1.23 bits per heavy atom. The van der Waals surface area contributed by atoms with Crippen LogP contribution < -0.4 is 5.73 Å². The number of ether oxygens (including phenoxy) is 2. The minimum Gasteiger partial charge on any atom is -0.508 e. The highest BCUT2D eigenvalue weighted by atomic mass is 16.5. The number of nitrogens with two attached hydrogens (primary N) is 1. The van der Waals surface area contributed by atoms with Crippen molar-refractivity contribution in [3.05, 3.63) is 23.8 Å². The van der Waals surface area contributed by atoms with Gasteiger partial charge in [0.05, 0.1) is 33.4 Å². The molecule has 0 aliphatic carbocycles. The molecule has 2 rings (SSSR count). The number of likely N-dealkylation sites (N-methyl/N-ethyl adjacent to an activating group) is 1. The summed E-state index contributed by atoms with van der Waals surface area (Å²) < 4.78 is 12.2. The number of quaternary nitrogens is 1. The summed E-state index contributed by atoms with van der Waals surface area (Å²) in [5, 5.41) is 9.46. The SMILES string of the molecule is C[N+]1(CCCOCCCc2cc(O)ccc2N)CCOCC1. The average Bonchev–Trinajstić information content (AvgIpc) is 2.50. The van der Waals surface area contributed by atoms with E-state index in [1.807, 2.05) is 0 Å². The number of rotatable bonds is 8. The normalized spacial score (nSPS) is 17.5. The topological polar surface area (TPSA) is 64.7 Å².